The van der Waals surface area contributed by atoms with Gasteiger partial charge in [-0.15, -0.1) is 0 Å². The molecule has 0 radical (unpaired) electrons. The second-order valence-corrected chi connectivity index (χ2v) is 9.76. The molecule has 0 unspecified atom stereocenters. The van der Waals surface area contributed by atoms with Crippen LogP contribution in [-0.2, 0) is 4.79 Å². The number of nitrogens with one attached hydrogen (secondary N) is 3. The number of carbonyl (C=O) groups is 1. The molecule has 5 rings (SSSR count). The molecule has 1 atom stereocenters. The van der Waals surface area contributed by atoms with Crippen LogP contribution >= 0.6 is 0 Å². The molecule has 0 bridgehead atoms. The maximum absolute atomic E-state index is 15.3. The standard InChI is InChI=1S/C28H31FN10O2/c1-6-25(40)38-8-7-37(14-18(38)4)28-32-13-22-26(36-28)27(34-15-33-22)35-21-9-16(2)23(12-20(21)29)41-19-10-17(3)39(31-5)24(30)11-19/h6,9-13,15,18,30-31H,1,7-8,14H2,2-5H3,(H,33,34,35)/t18-/m1/s1. The van der Waals surface area contributed by atoms with Gasteiger partial charge in [0.2, 0.25) is 11.9 Å². The van der Waals surface area contributed by atoms with E-state index in [1.54, 1.807) is 47.9 Å². The third-order valence-corrected chi connectivity index (χ3v) is 6.93. The summed E-state index contributed by atoms with van der Waals surface area (Å²) in [5.41, 5.74) is 5.70. The van der Waals surface area contributed by atoms with Crippen LogP contribution in [0.25, 0.3) is 11.0 Å². The van der Waals surface area contributed by atoms with Crippen LogP contribution in [0.5, 0.6) is 11.5 Å². The molecular weight excluding hydrogens is 527 g/mol. The van der Waals surface area contributed by atoms with Gasteiger partial charge in [0, 0.05) is 56.6 Å². The number of anilines is 3. The van der Waals surface area contributed by atoms with Crippen LogP contribution < -0.4 is 25.9 Å². The van der Waals surface area contributed by atoms with E-state index >= 15 is 4.39 Å². The molecule has 4 heterocycles. The Bertz CT molecular complexity index is 1710. The Morgan fingerprint density at radius 3 is 2.71 bits per heavy atom. The van der Waals surface area contributed by atoms with E-state index in [1.165, 1.54) is 18.5 Å². The van der Waals surface area contributed by atoms with Crippen molar-refractivity contribution in [1.29, 1.82) is 5.41 Å². The lowest BCUT2D eigenvalue weighted by Crippen LogP contribution is -2.54. The normalized spacial score (nSPS) is 15.1. The minimum atomic E-state index is -0.549. The van der Waals surface area contributed by atoms with Gasteiger partial charge in [-0.3, -0.25) is 10.2 Å². The molecule has 1 amide bonds. The molecule has 0 spiro atoms. The lowest BCUT2D eigenvalue weighted by Gasteiger charge is -2.39. The molecule has 212 valence electrons. The number of carbonyl (C=O) groups excluding carboxylic acids is 1. The van der Waals surface area contributed by atoms with Crippen molar-refractivity contribution >= 4 is 34.4 Å². The molecule has 12 nitrogen and oxygen atoms in total. The summed E-state index contributed by atoms with van der Waals surface area (Å²) in [6.45, 7) is 10.8. The fraction of sp³-hybridized carbons (Fsp3) is 0.286. The van der Waals surface area contributed by atoms with E-state index in [-0.39, 0.29) is 23.1 Å². The predicted octanol–water partition coefficient (Wildman–Crippen LogP) is 3.39. The number of pyridine rings is 1. The van der Waals surface area contributed by atoms with Gasteiger partial charge in [0.25, 0.3) is 0 Å². The Hall–Kier alpha value is -5.07. The SMILES string of the molecule is C=CC(=O)N1CCN(c2ncc3ncnc(Nc4cc(C)c(Oc5cc(C)n(NC)c(=N)c5)cc4F)c3n2)C[C@H]1C. The minimum Gasteiger partial charge on any atom is -0.457 e. The molecule has 3 aromatic heterocycles. The Kier molecular flexibility index (Phi) is 7.51. The molecule has 13 heteroatoms. The van der Waals surface area contributed by atoms with Gasteiger partial charge in [-0.05, 0) is 38.5 Å². The van der Waals surface area contributed by atoms with Gasteiger partial charge in [0.15, 0.2) is 5.82 Å². The fourth-order valence-electron chi connectivity index (χ4n) is 4.85. The molecule has 0 saturated carbocycles. The summed E-state index contributed by atoms with van der Waals surface area (Å²) >= 11 is 0. The smallest absolute Gasteiger partial charge is 0.246 e. The third-order valence-electron chi connectivity index (χ3n) is 6.93. The first-order valence-electron chi connectivity index (χ1n) is 13.0. The van der Waals surface area contributed by atoms with Gasteiger partial charge in [-0.25, -0.2) is 29.0 Å². The highest BCUT2D eigenvalue weighted by Crippen LogP contribution is 2.32. The van der Waals surface area contributed by atoms with Gasteiger partial charge < -0.3 is 25.3 Å². The lowest BCUT2D eigenvalue weighted by atomic mass is 10.2. The van der Waals surface area contributed by atoms with Crippen LogP contribution in [-0.4, -0.2) is 68.1 Å². The molecule has 3 N–H and O–H groups in total. The van der Waals surface area contributed by atoms with Crippen LogP contribution in [0.4, 0.5) is 21.8 Å². The second kappa shape index (κ2) is 11.2. The number of aryl methyl sites for hydroxylation is 2. The summed E-state index contributed by atoms with van der Waals surface area (Å²) < 4.78 is 22.9. The number of halogens is 1. The highest BCUT2D eigenvalue weighted by atomic mass is 19.1. The summed E-state index contributed by atoms with van der Waals surface area (Å²) in [5.74, 6) is 0.902. The van der Waals surface area contributed by atoms with E-state index in [0.29, 0.717) is 59.5 Å². The first kappa shape index (κ1) is 27.5. The van der Waals surface area contributed by atoms with Crippen LogP contribution in [0.3, 0.4) is 0 Å². The molecule has 1 saturated heterocycles. The molecule has 41 heavy (non-hydrogen) atoms. The summed E-state index contributed by atoms with van der Waals surface area (Å²) in [7, 11) is 1.72. The molecule has 4 aromatic rings. The van der Waals surface area contributed by atoms with Crippen molar-refractivity contribution in [2.75, 3.05) is 42.3 Å². The average Bonchev–Trinajstić information content (AvgIpc) is 2.95. The van der Waals surface area contributed by atoms with Crippen molar-refractivity contribution in [3.63, 3.8) is 0 Å². The lowest BCUT2D eigenvalue weighted by molar-refractivity contribution is -0.128. The number of ether oxygens (including phenoxy) is 1. The van der Waals surface area contributed by atoms with Crippen LogP contribution in [0.2, 0.25) is 0 Å². The first-order valence-corrected chi connectivity index (χ1v) is 13.0. The highest BCUT2D eigenvalue weighted by Gasteiger charge is 2.27. The predicted molar refractivity (Wildman–Crippen MR) is 154 cm³/mol. The van der Waals surface area contributed by atoms with E-state index in [0.717, 1.165) is 5.69 Å². The maximum atomic E-state index is 15.3. The van der Waals surface area contributed by atoms with Crippen molar-refractivity contribution in [3.8, 4) is 11.5 Å². The van der Waals surface area contributed by atoms with Gasteiger partial charge in [0.1, 0.15) is 40.2 Å². The molecular formula is C28H31FN10O2. The topological polar surface area (TPSA) is 137 Å². The Labute approximate surface area is 236 Å². The van der Waals surface area contributed by atoms with E-state index in [4.69, 9.17) is 15.1 Å². The highest BCUT2D eigenvalue weighted by molar-refractivity contribution is 5.88. The summed E-state index contributed by atoms with van der Waals surface area (Å²) in [6, 6.07) is 6.19. The molecule has 0 aliphatic carbocycles. The summed E-state index contributed by atoms with van der Waals surface area (Å²) in [4.78, 5) is 33.6. The number of aromatic nitrogens is 5. The van der Waals surface area contributed by atoms with Gasteiger partial charge >= 0.3 is 0 Å². The van der Waals surface area contributed by atoms with Crippen LogP contribution in [0.1, 0.15) is 18.2 Å². The van der Waals surface area contributed by atoms with Crippen LogP contribution in [0, 0.1) is 25.1 Å². The monoisotopic (exact) mass is 558 g/mol. The Balaban J connectivity index is 1.40. The number of nitrogens with zero attached hydrogens (tertiary/aromatic N) is 7. The largest absolute Gasteiger partial charge is 0.457 e. The number of fused-ring (bicyclic) bond motifs is 1. The number of rotatable bonds is 7. The van der Waals surface area contributed by atoms with E-state index in [2.05, 4.69) is 32.3 Å². The zero-order valence-corrected chi connectivity index (χ0v) is 23.3. The Morgan fingerprint density at radius 1 is 1.20 bits per heavy atom. The fourth-order valence-corrected chi connectivity index (χ4v) is 4.85. The zero-order chi connectivity index (χ0) is 29.3. The number of amides is 1. The number of benzene rings is 1. The summed E-state index contributed by atoms with van der Waals surface area (Å²) in [5, 5.41) is 11.2. The van der Waals surface area contributed by atoms with E-state index in [9.17, 15) is 4.79 Å². The molecule has 1 aliphatic rings. The van der Waals surface area contributed by atoms with Crippen molar-refractivity contribution in [3.05, 3.63) is 72.0 Å². The number of hydrogen-bond acceptors (Lipinski definition) is 10. The van der Waals surface area contributed by atoms with Gasteiger partial charge in [-0.2, -0.15) is 0 Å². The second-order valence-electron chi connectivity index (χ2n) is 9.76. The maximum Gasteiger partial charge on any atom is 0.246 e. The molecule has 1 aromatic carbocycles. The first-order chi connectivity index (χ1) is 19.7. The van der Waals surface area contributed by atoms with Crippen LogP contribution in [0.15, 0.2) is 49.4 Å². The molecule has 1 fully saturated rings. The number of piperazine rings is 1. The van der Waals surface area contributed by atoms with Crippen molar-refractivity contribution in [2.24, 2.45) is 0 Å². The van der Waals surface area contributed by atoms with E-state index in [1.807, 2.05) is 18.7 Å². The van der Waals surface area contributed by atoms with E-state index < -0.39 is 5.82 Å². The third kappa shape index (κ3) is 5.51. The quantitative estimate of drug-likeness (QED) is 0.292. The minimum absolute atomic E-state index is 0.0485. The zero-order valence-electron chi connectivity index (χ0n) is 23.3. The average molecular weight is 559 g/mol. The van der Waals surface area contributed by atoms with Gasteiger partial charge in [-0.1, -0.05) is 6.58 Å². The number of hydrogen-bond donors (Lipinski definition) is 3. The van der Waals surface area contributed by atoms with Crippen molar-refractivity contribution in [1.82, 2.24) is 29.5 Å². The van der Waals surface area contributed by atoms with Gasteiger partial charge in [0.05, 0.1) is 11.9 Å². The van der Waals surface area contributed by atoms with Crippen molar-refractivity contribution < 1.29 is 13.9 Å². The van der Waals surface area contributed by atoms with Crippen molar-refractivity contribution in [2.45, 2.75) is 26.8 Å². The Morgan fingerprint density at radius 2 is 2.00 bits per heavy atom. The molecule has 1 aliphatic heterocycles. The summed E-state index contributed by atoms with van der Waals surface area (Å²) in [6.07, 6.45) is 4.29.